The molecule has 0 atom stereocenters. The van der Waals surface area contributed by atoms with Crippen LogP contribution in [-0.4, -0.2) is 43.4 Å². The second-order valence-electron chi connectivity index (χ2n) is 6.14. The highest BCUT2D eigenvalue weighted by Gasteiger charge is 2.22. The lowest BCUT2D eigenvalue weighted by molar-refractivity contribution is 0.0366. The summed E-state index contributed by atoms with van der Waals surface area (Å²) in [6, 6.07) is 3.74. The molecule has 0 saturated carbocycles. The maximum Gasteiger partial charge on any atom is 0.357 e. The van der Waals surface area contributed by atoms with Crippen molar-refractivity contribution in [3.63, 3.8) is 0 Å². The van der Waals surface area contributed by atoms with Crippen LogP contribution in [0.4, 0.5) is 0 Å². The topological polar surface area (TPSA) is 82.7 Å². The summed E-state index contributed by atoms with van der Waals surface area (Å²) >= 11 is 0. The molecule has 0 aliphatic heterocycles. The number of ether oxygens (including phenoxy) is 4. The van der Waals surface area contributed by atoms with Crippen LogP contribution in [0.5, 0.6) is 11.5 Å². The van der Waals surface area contributed by atoms with Gasteiger partial charge in [0, 0.05) is 29.5 Å². The molecular weight excluding hydrogens is 336 g/mol. The van der Waals surface area contributed by atoms with Gasteiger partial charge in [-0.3, -0.25) is 0 Å². The first-order chi connectivity index (χ1) is 12.5. The normalized spacial score (nSPS) is 11.3. The monoisotopic (exact) mass is 358 g/mol. The minimum Gasteiger partial charge on any atom is -0.493 e. The first-order valence-corrected chi connectivity index (χ1v) is 8.25. The fourth-order valence-electron chi connectivity index (χ4n) is 3.02. The first kappa shape index (κ1) is 18.0. The molecule has 26 heavy (non-hydrogen) atoms. The van der Waals surface area contributed by atoms with Crippen molar-refractivity contribution in [2.45, 2.75) is 26.6 Å². The number of esters is 1. The summed E-state index contributed by atoms with van der Waals surface area (Å²) in [4.78, 5) is 20.1. The van der Waals surface area contributed by atoms with Gasteiger partial charge in [0.05, 0.1) is 44.2 Å². The van der Waals surface area contributed by atoms with E-state index in [0.29, 0.717) is 17.1 Å². The van der Waals surface area contributed by atoms with Gasteiger partial charge >= 0.3 is 5.97 Å². The SMILES string of the molecule is COCc1c(C(=O)OC(C)C)ncc2[nH]c3cc(OC)c(OC)cc3c12. The fourth-order valence-corrected chi connectivity index (χ4v) is 3.02. The lowest BCUT2D eigenvalue weighted by atomic mass is 10.1. The summed E-state index contributed by atoms with van der Waals surface area (Å²) in [6.07, 6.45) is 1.40. The highest BCUT2D eigenvalue weighted by molar-refractivity contribution is 6.11. The average Bonchev–Trinajstić information content (AvgIpc) is 2.97. The Morgan fingerprint density at radius 3 is 2.42 bits per heavy atom. The highest BCUT2D eigenvalue weighted by Crippen LogP contribution is 2.37. The number of aromatic amines is 1. The van der Waals surface area contributed by atoms with Crippen LogP contribution in [0.2, 0.25) is 0 Å². The number of rotatable bonds is 6. The third-order valence-corrected chi connectivity index (χ3v) is 4.07. The Morgan fingerprint density at radius 1 is 1.12 bits per heavy atom. The Bertz CT molecular complexity index is 962. The molecule has 2 aromatic heterocycles. The molecule has 2 heterocycles. The van der Waals surface area contributed by atoms with E-state index in [4.69, 9.17) is 18.9 Å². The number of hydrogen-bond donors (Lipinski definition) is 1. The molecule has 7 heteroatoms. The minimum absolute atomic E-state index is 0.230. The zero-order valence-corrected chi connectivity index (χ0v) is 15.5. The molecule has 0 bridgehead atoms. The number of methoxy groups -OCH3 is 3. The molecule has 0 aliphatic carbocycles. The molecule has 0 spiro atoms. The third-order valence-electron chi connectivity index (χ3n) is 4.07. The molecule has 0 unspecified atom stereocenters. The van der Waals surface area contributed by atoms with Crippen molar-refractivity contribution >= 4 is 27.8 Å². The molecule has 7 nitrogen and oxygen atoms in total. The van der Waals surface area contributed by atoms with Gasteiger partial charge < -0.3 is 23.9 Å². The summed E-state index contributed by atoms with van der Waals surface area (Å²) < 4.78 is 21.4. The predicted octanol–water partition coefficient (Wildman–Crippen LogP) is 3.44. The summed E-state index contributed by atoms with van der Waals surface area (Å²) in [5.41, 5.74) is 2.58. The van der Waals surface area contributed by atoms with Gasteiger partial charge in [0.15, 0.2) is 17.2 Å². The summed E-state index contributed by atoms with van der Waals surface area (Å²) in [5, 5.41) is 1.75. The van der Waals surface area contributed by atoms with Crippen molar-refractivity contribution in [2.75, 3.05) is 21.3 Å². The lowest BCUT2D eigenvalue weighted by Gasteiger charge is -2.12. The Labute approximate surface area is 151 Å². The highest BCUT2D eigenvalue weighted by atomic mass is 16.5. The van der Waals surface area contributed by atoms with Gasteiger partial charge in [-0.2, -0.15) is 0 Å². The van der Waals surface area contributed by atoms with E-state index in [0.717, 1.165) is 21.8 Å². The van der Waals surface area contributed by atoms with Gasteiger partial charge in [0.2, 0.25) is 0 Å². The summed E-state index contributed by atoms with van der Waals surface area (Å²) in [5.74, 6) is 0.753. The third kappa shape index (κ3) is 3.06. The molecule has 0 amide bonds. The number of carbonyl (C=O) groups is 1. The van der Waals surface area contributed by atoms with Crippen molar-refractivity contribution in [2.24, 2.45) is 0 Å². The Morgan fingerprint density at radius 2 is 1.81 bits per heavy atom. The molecule has 138 valence electrons. The van der Waals surface area contributed by atoms with Gasteiger partial charge in [-0.05, 0) is 19.9 Å². The van der Waals surface area contributed by atoms with Crippen LogP contribution in [0.3, 0.4) is 0 Å². The van der Waals surface area contributed by atoms with Crippen LogP contribution in [0.1, 0.15) is 29.9 Å². The van der Waals surface area contributed by atoms with Gasteiger partial charge in [-0.25, -0.2) is 9.78 Å². The van der Waals surface area contributed by atoms with E-state index in [1.807, 2.05) is 12.1 Å². The number of aromatic nitrogens is 2. The quantitative estimate of drug-likeness (QED) is 0.680. The molecule has 0 radical (unpaired) electrons. The Hall–Kier alpha value is -2.80. The number of benzene rings is 1. The molecule has 1 aromatic carbocycles. The fraction of sp³-hybridized carbons (Fsp3) is 0.368. The van der Waals surface area contributed by atoms with Gasteiger partial charge in [0.1, 0.15) is 0 Å². The molecule has 0 saturated heterocycles. The lowest BCUT2D eigenvalue weighted by Crippen LogP contribution is -2.15. The molecule has 1 N–H and O–H groups in total. The maximum atomic E-state index is 12.5. The van der Waals surface area contributed by atoms with E-state index in [-0.39, 0.29) is 18.4 Å². The zero-order chi connectivity index (χ0) is 18.8. The molecule has 3 aromatic rings. The van der Waals surface area contributed by atoms with Crippen LogP contribution < -0.4 is 9.47 Å². The smallest absolute Gasteiger partial charge is 0.357 e. The van der Waals surface area contributed by atoms with Crippen molar-refractivity contribution in [1.29, 1.82) is 0 Å². The van der Waals surface area contributed by atoms with Crippen LogP contribution in [-0.2, 0) is 16.1 Å². The Balaban J connectivity index is 2.31. The van der Waals surface area contributed by atoms with E-state index in [2.05, 4.69) is 9.97 Å². The van der Waals surface area contributed by atoms with Gasteiger partial charge in [0.25, 0.3) is 0 Å². The minimum atomic E-state index is -0.469. The van der Waals surface area contributed by atoms with Gasteiger partial charge in [-0.15, -0.1) is 0 Å². The predicted molar refractivity (Wildman–Crippen MR) is 98.0 cm³/mol. The largest absolute Gasteiger partial charge is 0.493 e. The molecule has 3 rings (SSSR count). The number of nitrogens with one attached hydrogen (secondary N) is 1. The first-order valence-electron chi connectivity index (χ1n) is 8.25. The average molecular weight is 358 g/mol. The number of carbonyl (C=O) groups excluding carboxylic acids is 1. The van der Waals surface area contributed by atoms with E-state index >= 15 is 0 Å². The molecule has 0 aliphatic rings. The molecule has 0 fully saturated rings. The van der Waals surface area contributed by atoms with E-state index in [1.165, 1.54) is 0 Å². The number of pyridine rings is 1. The summed E-state index contributed by atoms with van der Waals surface area (Å²) in [6.45, 7) is 3.83. The standard InChI is InChI=1S/C19H22N2O5/c1-10(2)26-19(22)18-12(9-23-3)17-11-6-15(24-4)16(25-5)7-13(11)21-14(17)8-20-18/h6-8,10,21H,9H2,1-5H3. The van der Waals surface area contributed by atoms with Crippen molar-refractivity contribution in [3.05, 3.63) is 29.6 Å². The number of nitrogens with zero attached hydrogens (tertiary/aromatic N) is 1. The van der Waals surface area contributed by atoms with Crippen LogP contribution in [0.25, 0.3) is 21.8 Å². The maximum absolute atomic E-state index is 12.5. The zero-order valence-electron chi connectivity index (χ0n) is 15.5. The van der Waals surface area contributed by atoms with E-state index < -0.39 is 5.97 Å². The molecular formula is C19H22N2O5. The Kier molecular flexibility index (Phi) is 4.99. The second kappa shape index (κ2) is 7.21. The van der Waals surface area contributed by atoms with Crippen LogP contribution in [0.15, 0.2) is 18.3 Å². The number of H-pyrrole nitrogens is 1. The van der Waals surface area contributed by atoms with E-state index in [9.17, 15) is 4.79 Å². The van der Waals surface area contributed by atoms with Crippen molar-refractivity contribution in [3.8, 4) is 11.5 Å². The number of fused-ring (bicyclic) bond motifs is 3. The van der Waals surface area contributed by atoms with E-state index in [1.54, 1.807) is 41.4 Å². The van der Waals surface area contributed by atoms with Crippen molar-refractivity contribution in [1.82, 2.24) is 9.97 Å². The van der Waals surface area contributed by atoms with Gasteiger partial charge in [-0.1, -0.05) is 0 Å². The summed E-state index contributed by atoms with van der Waals surface area (Å²) in [7, 11) is 4.75. The number of hydrogen-bond acceptors (Lipinski definition) is 6. The van der Waals surface area contributed by atoms with Crippen LogP contribution >= 0.6 is 0 Å². The second-order valence-corrected chi connectivity index (χ2v) is 6.14. The van der Waals surface area contributed by atoms with Crippen LogP contribution in [0, 0.1) is 0 Å². The van der Waals surface area contributed by atoms with Crippen molar-refractivity contribution < 1.29 is 23.7 Å².